The largest absolute Gasteiger partial charge is 0.462 e. The summed E-state index contributed by atoms with van der Waals surface area (Å²) in [5.74, 6) is 0.878. The lowest BCUT2D eigenvalue weighted by Crippen LogP contribution is -2.30. The van der Waals surface area contributed by atoms with Gasteiger partial charge < -0.3 is 14.2 Å². The highest BCUT2D eigenvalue weighted by atomic mass is 16.6. The molecule has 0 bridgehead atoms. The predicted molar refractivity (Wildman–Crippen MR) is 280 cm³/mol. The molecule has 0 saturated heterocycles. The van der Waals surface area contributed by atoms with Crippen LogP contribution in [0.3, 0.4) is 0 Å². The van der Waals surface area contributed by atoms with Gasteiger partial charge >= 0.3 is 17.9 Å². The van der Waals surface area contributed by atoms with Gasteiger partial charge in [-0.15, -0.1) is 0 Å². The number of hydrogen-bond donors (Lipinski definition) is 0. The first-order valence-electron chi connectivity index (χ1n) is 29.3. The normalized spacial score (nSPS) is 12.5. The lowest BCUT2D eigenvalue weighted by molar-refractivity contribution is -0.167. The molecule has 1 unspecified atom stereocenters. The Kier molecular flexibility index (Phi) is 50.5. The lowest BCUT2D eigenvalue weighted by Gasteiger charge is -2.18. The van der Waals surface area contributed by atoms with Crippen molar-refractivity contribution in [3.63, 3.8) is 0 Å². The van der Waals surface area contributed by atoms with Gasteiger partial charge in [-0.05, 0) is 31.1 Å². The van der Waals surface area contributed by atoms with Crippen LogP contribution in [0.15, 0.2) is 0 Å². The van der Waals surface area contributed by atoms with Crippen LogP contribution in [-0.2, 0) is 28.6 Å². The maximum atomic E-state index is 12.8. The van der Waals surface area contributed by atoms with E-state index < -0.39 is 6.10 Å². The third-order valence-corrected chi connectivity index (χ3v) is 13.8. The van der Waals surface area contributed by atoms with Crippen molar-refractivity contribution in [1.29, 1.82) is 0 Å². The highest BCUT2D eigenvalue weighted by Crippen LogP contribution is 2.19. The first kappa shape index (κ1) is 63.4. The van der Waals surface area contributed by atoms with Crippen LogP contribution in [0.5, 0.6) is 0 Å². The molecule has 65 heavy (non-hydrogen) atoms. The van der Waals surface area contributed by atoms with E-state index >= 15 is 0 Å². The van der Waals surface area contributed by atoms with Crippen LogP contribution in [0.4, 0.5) is 0 Å². The van der Waals surface area contributed by atoms with Crippen molar-refractivity contribution >= 4 is 17.9 Å². The van der Waals surface area contributed by atoms with Gasteiger partial charge in [0, 0.05) is 19.3 Å². The van der Waals surface area contributed by atoms with Crippen LogP contribution in [0.2, 0.25) is 0 Å². The molecule has 6 nitrogen and oxygen atoms in total. The summed E-state index contributed by atoms with van der Waals surface area (Å²) in [6.07, 6.45) is 55.1. The topological polar surface area (TPSA) is 78.9 Å². The number of ether oxygens (including phenoxy) is 3. The SMILES string of the molecule is CCCCCCCCCCCCCCCCCC(=O)OC[C@H](COC(=O)CCCCCCCCCCCCCCCCCC(C)C)OC(=O)CCCCCCCCCCCCC(C)CC. The van der Waals surface area contributed by atoms with Crippen molar-refractivity contribution in [2.45, 2.75) is 336 Å². The van der Waals surface area contributed by atoms with Crippen LogP contribution in [-0.4, -0.2) is 37.2 Å². The summed E-state index contributed by atoms with van der Waals surface area (Å²) in [5, 5.41) is 0. The molecule has 0 fully saturated rings. The predicted octanol–water partition coefficient (Wildman–Crippen LogP) is 19.3. The second kappa shape index (κ2) is 51.8. The van der Waals surface area contributed by atoms with E-state index in [4.69, 9.17) is 14.2 Å². The molecule has 0 N–H and O–H groups in total. The first-order chi connectivity index (χ1) is 31.8. The number of esters is 3. The maximum absolute atomic E-state index is 12.8. The minimum atomic E-state index is -0.763. The molecule has 0 aromatic rings. The van der Waals surface area contributed by atoms with E-state index in [0.717, 1.165) is 69.6 Å². The minimum Gasteiger partial charge on any atom is -0.462 e. The summed E-state index contributed by atoms with van der Waals surface area (Å²) in [4.78, 5) is 38.2. The fraction of sp³-hybridized carbons (Fsp3) is 0.949. The van der Waals surface area contributed by atoms with Gasteiger partial charge in [-0.25, -0.2) is 0 Å². The molecule has 0 aromatic carbocycles. The monoisotopic (exact) mass is 919 g/mol. The number of carbonyl (C=O) groups excluding carboxylic acids is 3. The molecule has 0 aliphatic rings. The molecular weight excluding hydrogens is 805 g/mol. The van der Waals surface area contributed by atoms with Gasteiger partial charge in [0.2, 0.25) is 0 Å². The Hall–Kier alpha value is -1.59. The average molecular weight is 920 g/mol. The molecule has 0 heterocycles. The number of hydrogen-bond acceptors (Lipinski definition) is 6. The molecule has 0 spiro atoms. The van der Waals surface area contributed by atoms with Gasteiger partial charge in [-0.3, -0.25) is 14.4 Å². The molecule has 386 valence electrons. The lowest BCUT2D eigenvalue weighted by atomic mass is 9.99. The third kappa shape index (κ3) is 51.6. The first-order valence-corrected chi connectivity index (χ1v) is 29.3. The Morgan fingerprint density at radius 2 is 0.585 bits per heavy atom. The number of unbranched alkanes of at least 4 members (excludes halogenated alkanes) is 37. The molecule has 6 heteroatoms. The van der Waals surface area contributed by atoms with E-state index in [9.17, 15) is 14.4 Å². The second-order valence-corrected chi connectivity index (χ2v) is 21.0. The number of rotatable bonds is 53. The molecule has 0 amide bonds. The van der Waals surface area contributed by atoms with Crippen molar-refractivity contribution < 1.29 is 28.6 Å². The van der Waals surface area contributed by atoms with E-state index in [1.165, 1.54) is 218 Å². The van der Waals surface area contributed by atoms with Gasteiger partial charge in [0.1, 0.15) is 13.2 Å². The van der Waals surface area contributed by atoms with Crippen LogP contribution >= 0.6 is 0 Å². The van der Waals surface area contributed by atoms with E-state index in [1.54, 1.807) is 0 Å². The zero-order chi connectivity index (χ0) is 47.5. The molecular formula is C59H114O6. The minimum absolute atomic E-state index is 0.0627. The molecule has 0 aliphatic heterocycles. The molecule has 0 radical (unpaired) electrons. The fourth-order valence-electron chi connectivity index (χ4n) is 9.02. The Bertz CT molecular complexity index is 995. The van der Waals surface area contributed by atoms with Crippen molar-refractivity contribution in [2.75, 3.05) is 13.2 Å². The summed E-state index contributed by atoms with van der Waals surface area (Å²) in [5.41, 5.74) is 0. The molecule has 0 aliphatic carbocycles. The van der Waals surface area contributed by atoms with E-state index in [0.29, 0.717) is 19.3 Å². The van der Waals surface area contributed by atoms with Crippen molar-refractivity contribution in [3.05, 3.63) is 0 Å². The van der Waals surface area contributed by atoms with Crippen molar-refractivity contribution in [1.82, 2.24) is 0 Å². The van der Waals surface area contributed by atoms with Crippen LogP contribution in [0.1, 0.15) is 330 Å². The quantitative estimate of drug-likeness (QED) is 0.0344. The molecule has 2 atom stereocenters. The van der Waals surface area contributed by atoms with E-state index in [-0.39, 0.29) is 31.1 Å². The Morgan fingerprint density at radius 1 is 0.323 bits per heavy atom. The second-order valence-electron chi connectivity index (χ2n) is 21.0. The van der Waals surface area contributed by atoms with Gasteiger partial charge in [-0.1, -0.05) is 291 Å². The highest BCUT2D eigenvalue weighted by Gasteiger charge is 2.19. The highest BCUT2D eigenvalue weighted by molar-refractivity contribution is 5.71. The van der Waals surface area contributed by atoms with Crippen LogP contribution < -0.4 is 0 Å². The summed E-state index contributed by atoms with van der Waals surface area (Å²) in [6, 6.07) is 0. The zero-order valence-electron chi connectivity index (χ0n) is 44.6. The van der Waals surface area contributed by atoms with E-state index in [1.807, 2.05) is 0 Å². The van der Waals surface area contributed by atoms with Crippen molar-refractivity contribution in [2.24, 2.45) is 11.8 Å². The smallest absolute Gasteiger partial charge is 0.306 e. The Morgan fingerprint density at radius 3 is 0.877 bits per heavy atom. The summed E-state index contributed by atoms with van der Waals surface area (Å²) in [6.45, 7) is 11.4. The van der Waals surface area contributed by atoms with Crippen LogP contribution in [0.25, 0.3) is 0 Å². The van der Waals surface area contributed by atoms with E-state index in [2.05, 4.69) is 34.6 Å². The Labute approximate surface area is 406 Å². The van der Waals surface area contributed by atoms with Gasteiger partial charge in [-0.2, -0.15) is 0 Å². The molecule has 0 aromatic heterocycles. The van der Waals surface area contributed by atoms with Gasteiger partial charge in [0.25, 0.3) is 0 Å². The standard InChI is InChI=1S/C59H114O6/c1-6-8-9-10-11-12-13-14-16-20-23-29-34-39-44-49-57(60)63-52-56(65-59(62)51-46-41-36-31-26-25-28-33-38-43-48-55(5)7-2)53-64-58(61)50-45-40-35-30-24-21-18-15-17-19-22-27-32-37-42-47-54(3)4/h54-56H,6-53H2,1-5H3/t55?,56-/m1/s1. The number of carbonyl (C=O) groups is 3. The van der Waals surface area contributed by atoms with Gasteiger partial charge in [0.05, 0.1) is 0 Å². The average Bonchev–Trinajstić information content (AvgIpc) is 3.29. The molecule has 0 saturated carbocycles. The summed E-state index contributed by atoms with van der Waals surface area (Å²) in [7, 11) is 0. The summed E-state index contributed by atoms with van der Waals surface area (Å²) >= 11 is 0. The molecule has 0 rings (SSSR count). The fourth-order valence-corrected chi connectivity index (χ4v) is 9.02. The zero-order valence-corrected chi connectivity index (χ0v) is 44.6. The third-order valence-electron chi connectivity index (χ3n) is 13.8. The van der Waals surface area contributed by atoms with Crippen LogP contribution in [0, 0.1) is 11.8 Å². The Balaban J connectivity index is 4.29. The summed E-state index contributed by atoms with van der Waals surface area (Å²) < 4.78 is 16.9. The van der Waals surface area contributed by atoms with Gasteiger partial charge in [0.15, 0.2) is 6.10 Å². The maximum Gasteiger partial charge on any atom is 0.306 e. The van der Waals surface area contributed by atoms with Crippen molar-refractivity contribution in [3.8, 4) is 0 Å².